The second-order valence-corrected chi connectivity index (χ2v) is 5.10. The number of aromatic hydroxyl groups is 1. The molecule has 1 rings (SSSR count). The number of nitrogen functional groups attached to an aromatic ring is 1. The van der Waals surface area contributed by atoms with Crippen LogP contribution in [0.5, 0.6) is 5.75 Å². The number of hydrogen-bond acceptors (Lipinski definition) is 3. The number of hydrogen-bond donors (Lipinski definition) is 3. The molecule has 0 heterocycles. The lowest BCUT2D eigenvalue weighted by Crippen LogP contribution is -2.30. The minimum absolute atomic E-state index is 0.182. The standard InChI is InChI=1S/C14H22N2O2/c1-5-9-7-10(13(18)16-15)8-11(12(9)17)14(3,4)6-2/h7-8,17H,5-6,15H2,1-4H3,(H,16,18). The van der Waals surface area contributed by atoms with Crippen LogP contribution in [-0.2, 0) is 11.8 Å². The molecule has 0 aliphatic carbocycles. The van der Waals surface area contributed by atoms with Crippen LogP contribution in [0, 0.1) is 0 Å². The van der Waals surface area contributed by atoms with Gasteiger partial charge in [-0.15, -0.1) is 0 Å². The lowest BCUT2D eigenvalue weighted by molar-refractivity contribution is 0.0953. The molecule has 0 atom stereocenters. The molecule has 1 aromatic rings. The third-order valence-corrected chi connectivity index (χ3v) is 3.58. The van der Waals surface area contributed by atoms with Crippen LogP contribution in [0.4, 0.5) is 0 Å². The molecule has 100 valence electrons. The number of carbonyl (C=O) groups excluding carboxylic acids is 1. The van der Waals surface area contributed by atoms with Gasteiger partial charge in [0.2, 0.25) is 0 Å². The van der Waals surface area contributed by atoms with Gasteiger partial charge in [-0.25, -0.2) is 5.84 Å². The van der Waals surface area contributed by atoms with Crippen molar-refractivity contribution < 1.29 is 9.90 Å². The highest BCUT2D eigenvalue weighted by Gasteiger charge is 2.25. The average molecular weight is 250 g/mol. The Balaban J connectivity index is 3.45. The Morgan fingerprint density at radius 1 is 1.39 bits per heavy atom. The van der Waals surface area contributed by atoms with Crippen LogP contribution in [0.2, 0.25) is 0 Å². The fraction of sp³-hybridized carbons (Fsp3) is 0.500. The van der Waals surface area contributed by atoms with Crippen molar-refractivity contribution in [3.05, 3.63) is 28.8 Å². The minimum atomic E-state index is -0.335. The van der Waals surface area contributed by atoms with Gasteiger partial charge < -0.3 is 5.11 Å². The van der Waals surface area contributed by atoms with E-state index in [1.807, 2.05) is 20.8 Å². The predicted octanol–water partition coefficient (Wildman–Crippen LogP) is 2.25. The van der Waals surface area contributed by atoms with Gasteiger partial charge in [0.05, 0.1) is 0 Å². The molecule has 0 bridgehead atoms. The van der Waals surface area contributed by atoms with E-state index in [1.165, 1.54) is 0 Å². The first-order chi connectivity index (χ1) is 8.37. The summed E-state index contributed by atoms with van der Waals surface area (Å²) in [5.74, 6) is 5.12. The van der Waals surface area contributed by atoms with E-state index in [0.717, 1.165) is 17.5 Å². The monoisotopic (exact) mass is 250 g/mol. The molecule has 4 N–H and O–H groups in total. The molecule has 0 saturated heterocycles. The van der Waals surface area contributed by atoms with Gasteiger partial charge in [-0.1, -0.05) is 27.7 Å². The molecule has 18 heavy (non-hydrogen) atoms. The van der Waals surface area contributed by atoms with Gasteiger partial charge in [-0.05, 0) is 36.0 Å². The summed E-state index contributed by atoms with van der Waals surface area (Å²) in [6.45, 7) is 8.10. The molecule has 0 fully saturated rings. The zero-order valence-electron chi connectivity index (χ0n) is 11.5. The van der Waals surface area contributed by atoms with Gasteiger partial charge in [0.25, 0.3) is 5.91 Å². The first kappa shape index (κ1) is 14.5. The molecule has 1 aromatic carbocycles. The largest absolute Gasteiger partial charge is 0.507 e. The Labute approximate surface area is 108 Å². The Hall–Kier alpha value is -1.55. The molecule has 0 saturated carbocycles. The van der Waals surface area contributed by atoms with E-state index in [1.54, 1.807) is 12.1 Å². The van der Waals surface area contributed by atoms with Gasteiger partial charge in [-0.2, -0.15) is 0 Å². The Bertz CT molecular complexity index is 453. The number of nitrogens with two attached hydrogens (primary N) is 1. The lowest BCUT2D eigenvalue weighted by atomic mass is 9.79. The van der Waals surface area contributed by atoms with E-state index in [2.05, 4.69) is 12.3 Å². The number of phenolic OH excluding ortho intramolecular Hbond substituents is 1. The molecule has 0 unspecified atom stereocenters. The van der Waals surface area contributed by atoms with E-state index in [-0.39, 0.29) is 17.1 Å². The van der Waals surface area contributed by atoms with Gasteiger partial charge in [0.15, 0.2) is 0 Å². The van der Waals surface area contributed by atoms with Crippen LogP contribution in [-0.4, -0.2) is 11.0 Å². The maximum absolute atomic E-state index is 11.6. The molecule has 0 spiro atoms. The summed E-state index contributed by atoms with van der Waals surface area (Å²) in [5.41, 5.74) is 4.00. The molecule has 1 amide bonds. The Morgan fingerprint density at radius 3 is 2.44 bits per heavy atom. The van der Waals surface area contributed by atoms with Gasteiger partial charge in [0.1, 0.15) is 5.75 Å². The third-order valence-electron chi connectivity index (χ3n) is 3.58. The molecule has 0 aliphatic rings. The van der Waals surface area contributed by atoms with Gasteiger partial charge >= 0.3 is 0 Å². The second-order valence-electron chi connectivity index (χ2n) is 5.10. The highest BCUT2D eigenvalue weighted by Crippen LogP contribution is 2.36. The summed E-state index contributed by atoms with van der Waals surface area (Å²) in [7, 11) is 0. The minimum Gasteiger partial charge on any atom is -0.507 e. The summed E-state index contributed by atoms with van der Waals surface area (Å²) >= 11 is 0. The van der Waals surface area contributed by atoms with Crippen molar-refractivity contribution >= 4 is 5.91 Å². The van der Waals surface area contributed by atoms with E-state index < -0.39 is 0 Å². The van der Waals surface area contributed by atoms with E-state index in [0.29, 0.717) is 12.0 Å². The zero-order valence-corrected chi connectivity index (χ0v) is 11.5. The molecule has 0 aromatic heterocycles. The zero-order chi connectivity index (χ0) is 13.9. The quantitative estimate of drug-likeness (QED) is 0.436. The van der Waals surface area contributed by atoms with Crippen molar-refractivity contribution in [1.29, 1.82) is 0 Å². The second kappa shape index (κ2) is 5.40. The van der Waals surface area contributed by atoms with Crippen molar-refractivity contribution in [2.24, 2.45) is 5.84 Å². The normalized spacial score (nSPS) is 11.4. The van der Waals surface area contributed by atoms with Crippen molar-refractivity contribution in [2.45, 2.75) is 46.0 Å². The summed E-state index contributed by atoms with van der Waals surface area (Å²) in [6.07, 6.45) is 1.54. The number of nitrogens with one attached hydrogen (secondary N) is 1. The van der Waals surface area contributed by atoms with E-state index in [4.69, 9.17) is 5.84 Å². The SMILES string of the molecule is CCc1cc(C(=O)NN)cc(C(C)(C)CC)c1O. The maximum atomic E-state index is 11.6. The van der Waals surface area contributed by atoms with Crippen LogP contribution in [0.3, 0.4) is 0 Å². The highest BCUT2D eigenvalue weighted by atomic mass is 16.3. The lowest BCUT2D eigenvalue weighted by Gasteiger charge is -2.26. The maximum Gasteiger partial charge on any atom is 0.265 e. The number of carbonyl (C=O) groups is 1. The van der Waals surface area contributed by atoms with Crippen LogP contribution >= 0.6 is 0 Å². The number of benzene rings is 1. The van der Waals surface area contributed by atoms with Crippen molar-refractivity contribution in [2.75, 3.05) is 0 Å². The van der Waals surface area contributed by atoms with Crippen molar-refractivity contribution in [3.63, 3.8) is 0 Å². The fourth-order valence-corrected chi connectivity index (χ4v) is 1.88. The van der Waals surface area contributed by atoms with Gasteiger partial charge in [-0.3, -0.25) is 10.2 Å². The first-order valence-electron chi connectivity index (χ1n) is 6.24. The van der Waals surface area contributed by atoms with Crippen LogP contribution in [0.25, 0.3) is 0 Å². The number of phenols is 1. The number of hydrazine groups is 1. The summed E-state index contributed by atoms with van der Waals surface area (Å²) in [6, 6.07) is 3.41. The molecule has 0 radical (unpaired) electrons. The number of amides is 1. The van der Waals surface area contributed by atoms with Crippen LogP contribution in [0.1, 0.15) is 55.6 Å². The molecular formula is C14H22N2O2. The Morgan fingerprint density at radius 2 is 2.00 bits per heavy atom. The summed E-state index contributed by atoms with van der Waals surface area (Å²) < 4.78 is 0. The Kier molecular flexibility index (Phi) is 4.35. The molecular weight excluding hydrogens is 228 g/mol. The molecule has 4 heteroatoms. The van der Waals surface area contributed by atoms with Crippen molar-refractivity contribution in [1.82, 2.24) is 5.43 Å². The van der Waals surface area contributed by atoms with E-state index in [9.17, 15) is 9.90 Å². The topological polar surface area (TPSA) is 75.4 Å². The number of rotatable bonds is 4. The third kappa shape index (κ3) is 2.64. The summed E-state index contributed by atoms with van der Waals surface area (Å²) in [4.78, 5) is 11.6. The van der Waals surface area contributed by atoms with E-state index >= 15 is 0 Å². The van der Waals surface area contributed by atoms with Gasteiger partial charge in [0, 0.05) is 11.1 Å². The molecule has 4 nitrogen and oxygen atoms in total. The fourth-order valence-electron chi connectivity index (χ4n) is 1.88. The molecule has 0 aliphatic heterocycles. The highest BCUT2D eigenvalue weighted by molar-refractivity contribution is 5.94. The summed E-state index contributed by atoms with van der Waals surface area (Å²) in [5, 5.41) is 10.3. The van der Waals surface area contributed by atoms with Crippen LogP contribution < -0.4 is 11.3 Å². The first-order valence-corrected chi connectivity index (χ1v) is 6.24. The van der Waals surface area contributed by atoms with Crippen LogP contribution in [0.15, 0.2) is 12.1 Å². The average Bonchev–Trinajstić information content (AvgIpc) is 2.37. The predicted molar refractivity (Wildman–Crippen MR) is 72.5 cm³/mol. The smallest absolute Gasteiger partial charge is 0.265 e. The number of aryl methyl sites for hydroxylation is 1. The van der Waals surface area contributed by atoms with Crippen molar-refractivity contribution in [3.8, 4) is 5.75 Å².